The molecule has 6 nitrogen and oxygen atoms in total. The van der Waals surface area contributed by atoms with Crippen molar-refractivity contribution in [2.24, 2.45) is 0 Å². The van der Waals surface area contributed by atoms with Gasteiger partial charge in [-0.2, -0.15) is 4.98 Å². The van der Waals surface area contributed by atoms with E-state index in [1.54, 1.807) is 12.4 Å². The first-order valence-electron chi connectivity index (χ1n) is 8.76. The van der Waals surface area contributed by atoms with Crippen LogP contribution in [-0.4, -0.2) is 39.0 Å². The summed E-state index contributed by atoms with van der Waals surface area (Å²) in [6.07, 6.45) is 4.67. The molecule has 1 saturated heterocycles. The molecule has 0 aliphatic carbocycles. The normalized spacial score (nSPS) is 17.0. The third-order valence-corrected chi connectivity index (χ3v) is 4.72. The van der Waals surface area contributed by atoms with E-state index in [2.05, 4.69) is 46.3 Å². The van der Waals surface area contributed by atoms with Gasteiger partial charge in [0.2, 0.25) is 17.6 Å². The van der Waals surface area contributed by atoms with E-state index in [4.69, 9.17) is 4.52 Å². The monoisotopic (exact) mass is 348 g/mol. The zero-order valence-electron chi connectivity index (χ0n) is 14.6. The summed E-state index contributed by atoms with van der Waals surface area (Å²) in [5.74, 6) is 1.13. The standard InChI is InChI=1S/C20H20N4O2/c1-14-4-6-15(7-5-14)8-10-24-13-17(11-18(24)25)20-22-19(23-26-20)16-3-2-9-21-12-16/h2-7,9,12,17H,8,10-11,13H2,1H3. The molecule has 3 heterocycles. The Balaban J connectivity index is 1.40. The molecule has 6 heteroatoms. The van der Waals surface area contributed by atoms with Crippen molar-refractivity contribution in [1.29, 1.82) is 0 Å². The van der Waals surface area contributed by atoms with Gasteiger partial charge < -0.3 is 9.42 Å². The van der Waals surface area contributed by atoms with Crippen molar-refractivity contribution in [2.75, 3.05) is 13.1 Å². The number of likely N-dealkylation sites (tertiary alicyclic amines) is 1. The van der Waals surface area contributed by atoms with Gasteiger partial charge in [0.15, 0.2) is 0 Å². The number of aryl methyl sites for hydroxylation is 1. The van der Waals surface area contributed by atoms with E-state index >= 15 is 0 Å². The number of hydrogen-bond acceptors (Lipinski definition) is 5. The molecular weight excluding hydrogens is 328 g/mol. The number of hydrogen-bond donors (Lipinski definition) is 0. The molecule has 132 valence electrons. The summed E-state index contributed by atoms with van der Waals surface area (Å²) in [6, 6.07) is 12.1. The minimum atomic E-state index is -0.0431. The number of carbonyl (C=O) groups excluding carboxylic acids is 1. The van der Waals surface area contributed by atoms with Crippen molar-refractivity contribution in [1.82, 2.24) is 20.0 Å². The molecule has 0 bridgehead atoms. The molecule has 1 fully saturated rings. The van der Waals surface area contributed by atoms with Gasteiger partial charge in [0.25, 0.3) is 0 Å². The minimum absolute atomic E-state index is 0.0431. The van der Waals surface area contributed by atoms with Gasteiger partial charge in [-0.25, -0.2) is 0 Å². The molecule has 0 radical (unpaired) electrons. The van der Waals surface area contributed by atoms with Gasteiger partial charge in [-0.3, -0.25) is 9.78 Å². The molecule has 1 aromatic carbocycles. The third-order valence-electron chi connectivity index (χ3n) is 4.72. The van der Waals surface area contributed by atoms with Crippen molar-refractivity contribution in [3.05, 3.63) is 65.8 Å². The lowest BCUT2D eigenvalue weighted by Crippen LogP contribution is -2.27. The lowest BCUT2D eigenvalue weighted by molar-refractivity contribution is -0.127. The van der Waals surface area contributed by atoms with Crippen LogP contribution in [0, 0.1) is 6.92 Å². The van der Waals surface area contributed by atoms with Crippen LogP contribution < -0.4 is 0 Å². The number of carbonyl (C=O) groups is 1. The van der Waals surface area contributed by atoms with Crippen LogP contribution in [0.15, 0.2) is 53.3 Å². The predicted octanol–water partition coefficient (Wildman–Crippen LogP) is 3.00. The first-order chi connectivity index (χ1) is 12.7. The summed E-state index contributed by atoms with van der Waals surface area (Å²) in [5, 5.41) is 4.03. The van der Waals surface area contributed by atoms with Crippen LogP contribution in [0.4, 0.5) is 0 Å². The van der Waals surface area contributed by atoms with Gasteiger partial charge in [-0.1, -0.05) is 35.0 Å². The van der Waals surface area contributed by atoms with Gasteiger partial charge in [0.1, 0.15) is 0 Å². The van der Waals surface area contributed by atoms with Crippen molar-refractivity contribution in [3.63, 3.8) is 0 Å². The molecule has 26 heavy (non-hydrogen) atoms. The summed E-state index contributed by atoms with van der Waals surface area (Å²) in [6.45, 7) is 3.41. The Kier molecular flexibility index (Phi) is 4.48. The number of aromatic nitrogens is 3. The van der Waals surface area contributed by atoms with Crippen molar-refractivity contribution < 1.29 is 9.32 Å². The van der Waals surface area contributed by atoms with Crippen LogP contribution >= 0.6 is 0 Å². The number of amides is 1. The fraction of sp³-hybridized carbons (Fsp3) is 0.300. The van der Waals surface area contributed by atoms with E-state index < -0.39 is 0 Å². The maximum Gasteiger partial charge on any atom is 0.232 e. The molecule has 0 spiro atoms. The topological polar surface area (TPSA) is 72.1 Å². The first kappa shape index (κ1) is 16.4. The Bertz CT molecular complexity index is 890. The summed E-state index contributed by atoms with van der Waals surface area (Å²) >= 11 is 0. The molecule has 1 aliphatic rings. The van der Waals surface area contributed by atoms with E-state index in [9.17, 15) is 4.79 Å². The second-order valence-corrected chi connectivity index (χ2v) is 6.67. The highest BCUT2D eigenvalue weighted by molar-refractivity contribution is 5.79. The van der Waals surface area contributed by atoms with Crippen LogP contribution in [-0.2, 0) is 11.2 Å². The summed E-state index contributed by atoms with van der Waals surface area (Å²) in [7, 11) is 0. The highest BCUT2D eigenvalue weighted by atomic mass is 16.5. The van der Waals surface area contributed by atoms with Crippen LogP contribution in [0.2, 0.25) is 0 Å². The lowest BCUT2D eigenvalue weighted by Gasteiger charge is -2.15. The predicted molar refractivity (Wildman–Crippen MR) is 96.4 cm³/mol. The van der Waals surface area contributed by atoms with Crippen LogP contribution in [0.1, 0.15) is 29.4 Å². The van der Waals surface area contributed by atoms with E-state index in [0.29, 0.717) is 31.2 Å². The van der Waals surface area contributed by atoms with Crippen molar-refractivity contribution in [3.8, 4) is 11.4 Å². The minimum Gasteiger partial charge on any atom is -0.342 e. The fourth-order valence-electron chi connectivity index (χ4n) is 3.19. The van der Waals surface area contributed by atoms with E-state index in [1.807, 2.05) is 17.0 Å². The Morgan fingerprint density at radius 3 is 2.85 bits per heavy atom. The zero-order chi connectivity index (χ0) is 17.9. The lowest BCUT2D eigenvalue weighted by atomic mass is 10.1. The molecule has 1 atom stereocenters. The summed E-state index contributed by atoms with van der Waals surface area (Å²) in [4.78, 5) is 22.8. The van der Waals surface area contributed by atoms with Gasteiger partial charge >= 0.3 is 0 Å². The molecule has 3 aromatic rings. The Labute approximate surface area is 151 Å². The number of pyridine rings is 1. The molecule has 2 aromatic heterocycles. The van der Waals surface area contributed by atoms with Crippen LogP contribution in [0.25, 0.3) is 11.4 Å². The average molecular weight is 348 g/mol. The Hall–Kier alpha value is -3.02. The largest absolute Gasteiger partial charge is 0.342 e. The molecule has 0 saturated carbocycles. The number of benzene rings is 1. The summed E-state index contributed by atoms with van der Waals surface area (Å²) in [5.41, 5.74) is 3.29. The number of rotatable bonds is 5. The Morgan fingerprint density at radius 2 is 2.08 bits per heavy atom. The van der Waals surface area contributed by atoms with E-state index in [0.717, 1.165) is 12.0 Å². The molecular formula is C20H20N4O2. The zero-order valence-corrected chi connectivity index (χ0v) is 14.6. The maximum atomic E-state index is 12.3. The fourth-order valence-corrected chi connectivity index (χ4v) is 3.19. The van der Waals surface area contributed by atoms with E-state index in [1.165, 1.54) is 11.1 Å². The maximum absolute atomic E-state index is 12.3. The van der Waals surface area contributed by atoms with Crippen LogP contribution in [0.3, 0.4) is 0 Å². The summed E-state index contributed by atoms with van der Waals surface area (Å²) < 4.78 is 5.41. The second kappa shape index (κ2) is 7.07. The smallest absolute Gasteiger partial charge is 0.232 e. The van der Waals surface area contributed by atoms with Gasteiger partial charge in [0.05, 0.1) is 5.92 Å². The SMILES string of the molecule is Cc1ccc(CCN2CC(c3nc(-c4cccnc4)no3)CC2=O)cc1. The molecule has 0 N–H and O–H groups in total. The molecule has 1 unspecified atom stereocenters. The van der Waals surface area contributed by atoms with Crippen molar-refractivity contribution >= 4 is 5.91 Å². The third kappa shape index (κ3) is 3.49. The molecule has 1 aliphatic heterocycles. The second-order valence-electron chi connectivity index (χ2n) is 6.67. The number of nitrogens with zero attached hydrogens (tertiary/aromatic N) is 4. The quantitative estimate of drug-likeness (QED) is 0.709. The highest BCUT2D eigenvalue weighted by Crippen LogP contribution is 2.28. The van der Waals surface area contributed by atoms with Gasteiger partial charge in [-0.05, 0) is 31.0 Å². The van der Waals surface area contributed by atoms with Gasteiger partial charge in [0, 0.05) is 37.5 Å². The first-order valence-corrected chi connectivity index (χ1v) is 8.76. The van der Waals surface area contributed by atoms with Gasteiger partial charge in [-0.15, -0.1) is 0 Å². The van der Waals surface area contributed by atoms with Crippen LogP contribution in [0.5, 0.6) is 0 Å². The highest BCUT2D eigenvalue weighted by Gasteiger charge is 2.34. The van der Waals surface area contributed by atoms with Crippen molar-refractivity contribution in [2.45, 2.75) is 25.7 Å². The Morgan fingerprint density at radius 1 is 1.23 bits per heavy atom. The average Bonchev–Trinajstić information content (AvgIpc) is 3.29. The van der Waals surface area contributed by atoms with E-state index in [-0.39, 0.29) is 11.8 Å². The molecule has 1 amide bonds. The molecule has 4 rings (SSSR count).